The molecule has 0 aromatic rings. The fourth-order valence-corrected chi connectivity index (χ4v) is 14.2. The number of ether oxygens (including phenoxy) is 4. The van der Waals surface area contributed by atoms with Crippen LogP contribution in [0.3, 0.4) is 0 Å². The van der Waals surface area contributed by atoms with Crippen molar-refractivity contribution in [2.24, 2.45) is 23.7 Å². The first kappa shape index (κ1) is 99.1. The van der Waals surface area contributed by atoms with Crippen LogP contribution in [0.25, 0.3) is 0 Å². The molecule has 0 aromatic heterocycles. The number of phosphoric acid groups is 2. The zero-order chi connectivity index (χ0) is 74.6. The van der Waals surface area contributed by atoms with Crippen molar-refractivity contribution in [3.05, 3.63) is 0 Å². The lowest BCUT2D eigenvalue weighted by molar-refractivity contribution is -0.161. The van der Waals surface area contributed by atoms with Crippen LogP contribution < -0.4 is 0 Å². The van der Waals surface area contributed by atoms with E-state index in [2.05, 4.69) is 55.4 Å². The van der Waals surface area contributed by atoms with Crippen molar-refractivity contribution in [2.75, 3.05) is 39.6 Å². The smallest absolute Gasteiger partial charge is 0.462 e. The molecule has 5 atom stereocenters. The minimum absolute atomic E-state index is 0.106. The van der Waals surface area contributed by atoms with Gasteiger partial charge in [-0.3, -0.25) is 37.3 Å². The number of carbonyl (C=O) groups is 4. The van der Waals surface area contributed by atoms with Gasteiger partial charge in [-0.1, -0.05) is 370 Å². The van der Waals surface area contributed by atoms with Crippen LogP contribution in [0.1, 0.15) is 421 Å². The second-order valence-electron chi connectivity index (χ2n) is 31.4. The Kier molecular flexibility index (Phi) is 69.6. The average Bonchev–Trinajstić information content (AvgIpc) is 1.00. The lowest BCUT2D eigenvalue weighted by Crippen LogP contribution is -2.30. The molecule has 0 saturated carbocycles. The molecule has 0 aliphatic heterocycles. The van der Waals surface area contributed by atoms with Crippen LogP contribution in [0, 0.1) is 23.7 Å². The maximum absolute atomic E-state index is 13.1. The van der Waals surface area contributed by atoms with Crippen LogP contribution in [0.15, 0.2) is 0 Å². The fourth-order valence-electron chi connectivity index (χ4n) is 12.6. The van der Waals surface area contributed by atoms with Crippen LogP contribution in [-0.2, 0) is 65.4 Å². The molecule has 0 amide bonds. The summed E-state index contributed by atoms with van der Waals surface area (Å²) in [6, 6.07) is 0. The van der Waals surface area contributed by atoms with Crippen molar-refractivity contribution in [3.63, 3.8) is 0 Å². The number of phosphoric ester groups is 2. The second-order valence-corrected chi connectivity index (χ2v) is 34.3. The van der Waals surface area contributed by atoms with Crippen molar-refractivity contribution in [3.8, 4) is 0 Å². The minimum Gasteiger partial charge on any atom is -0.462 e. The predicted molar refractivity (Wildman–Crippen MR) is 414 cm³/mol. The molecule has 0 heterocycles. The number of aliphatic hydroxyl groups excluding tert-OH is 1. The van der Waals surface area contributed by atoms with Gasteiger partial charge in [-0.25, -0.2) is 9.13 Å². The quantitative estimate of drug-likeness (QED) is 0.0222. The van der Waals surface area contributed by atoms with Gasteiger partial charge < -0.3 is 33.8 Å². The molecule has 0 aromatic carbocycles. The summed E-state index contributed by atoms with van der Waals surface area (Å²) in [7, 11) is -9.92. The Balaban J connectivity index is 5.22. The zero-order valence-corrected chi connectivity index (χ0v) is 68.3. The normalized spacial score (nSPS) is 14.0. The van der Waals surface area contributed by atoms with Gasteiger partial charge in [0.05, 0.1) is 26.4 Å². The number of esters is 4. The van der Waals surface area contributed by atoms with Gasteiger partial charge >= 0.3 is 39.5 Å². The van der Waals surface area contributed by atoms with Crippen molar-refractivity contribution in [1.82, 2.24) is 0 Å². The van der Waals surface area contributed by atoms with Crippen molar-refractivity contribution in [2.45, 2.75) is 440 Å². The summed E-state index contributed by atoms with van der Waals surface area (Å²) in [5.74, 6) is 0.953. The van der Waals surface area contributed by atoms with Gasteiger partial charge in [0.15, 0.2) is 12.2 Å². The maximum Gasteiger partial charge on any atom is 0.472 e. The second kappa shape index (κ2) is 71.0. The molecule has 0 radical (unpaired) electrons. The first-order valence-corrected chi connectivity index (χ1v) is 45.2. The molecular formula is C82H160O17P2. The van der Waals surface area contributed by atoms with E-state index in [0.717, 1.165) is 114 Å². The molecule has 600 valence electrons. The molecule has 0 aliphatic rings. The summed E-state index contributed by atoms with van der Waals surface area (Å²) in [5, 5.41) is 10.6. The van der Waals surface area contributed by atoms with E-state index >= 15 is 0 Å². The van der Waals surface area contributed by atoms with E-state index < -0.39 is 97.5 Å². The first-order valence-electron chi connectivity index (χ1n) is 42.2. The van der Waals surface area contributed by atoms with E-state index in [1.165, 1.54) is 218 Å². The van der Waals surface area contributed by atoms with Crippen LogP contribution in [0.5, 0.6) is 0 Å². The molecule has 0 spiro atoms. The number of carbonyl (C=O) groups excluding carboxylic acids is 4. The highest BCUT2D eigenvalue weighted by Gasteiger charge is 2.30. The molecular weight excluding hydrogens is 1320 g/mol. The van der Waals surface area contributed by atoms with Crippen molar-refractivity contribution >= 4 is 39.5 Å². The third-order valence-electron chi connectivity index (χ3n) is 19.1. The maximum atomic E-state index is 13.1. The molecule has 0 aliphatic carbocycles. The third kappa shape index (κ3) is 76.1. The average molecular weight is 1480 g/mol. The highest BCUT2D eigenvalue weighted by molar-refractivity contribution is 7.47. The molecule has 0 rings (SSSR count). The van der Waals surface area contributed by atoms with Crippen molar-refractivity contribution < 1.29 is 80.2 Å². The van der Waals surface area contributed by atoms with E-state index in [-0.39, 0.29) is 25.7 Å². The highest BCUT2D eigenvalue weighted by atomic mass is 31.2. The zero-order valence-electron chi connectivity index (χ0n) is 66.5. The van der Waals surface area contributed by atoms with Gasteiger partial charge in [-0.2, -0.15) is 0 Å². The highest BCUT2D eigenvalue weighted by Crippen LogP contribution is 2.45. The van der Waals surface area contributed by atoms with E-state index in [1.807, 2.05) is 0 Å². The minimum atomic E-state index is -4.96. The summed E-state index contributed by atoms with van der Waals surface area (Å²) >= 11 is 0. The van der Waals surface area contributed by atoms with Crippen LogP contribution in [0.2, 0.25) is 0 Å². The lowest BCUT2D eigenvalue weighted by Gasteiger charge is -2.21. The Bertz CT molecular complexity index is 1970. The molecule has 2 unspecified atom stereocenters. The molecule has 17 nitrogen and oxygen atoms in total. The number of rotatable bonds is 79. The summed E-state index contributed by atoms with van der Waals surface area (Å²) in [6.45, 7) is 14.2. The largest absolute Gasteiger partial charge is 0.472 e. The molecule has 101 heavy (non-hydrogen) atoms. The summed E-state index contributed by atoms with van der Waals surface area (Å²) < 4.78 is 68.7. The lowest BCUT2D eigenvalue weighted by atomic mass is 10.0. The molecule has 0 saturated heterocycles. The molecule has 0 bridgehead atoms. The Morgan fingerprint density at radius 1 is 0.248 bits per heavy atom. The van der Waals surface area contributed by atoms with Gasteiger partial charge in [0.2, 0.25) is 0 Å². The Morgan fingerprint density at radius 2 is 0.416 bits per heavy atom. The van der Waals surface area contributed by atoms with Crippen LogP contribution in [-0.4, -0.2) is 96.7 Å². The van der Waals surface area contributed by atoms with Gasteiger partial charge in [0.1, 0.15) is 19.3 Å². The number of hydrogen-bond acceptors (Lipinski definition) is 15. The van der Waals surface area contributed by atoms with Gasteiger partial charge in [0.25, 0.3) is 0 Å². The predicted octanol–water partition coefficient (Wildman–Crippen LogP) is 24.4. The van der Waals surface area contributed by atoms with E-state index in [4.69, 9.17) is 37.0 Å². The Morgan fingerprint density at radius 3 is 0.614 bits per heavy atom. The van der Waals surface area contributed by atoms with Gasteiger partial charge in [-0.15, -0.1) is 0 Å². The van der Waals surface area contributed by atoms with E-state index in [9.17, 15) is 43.2 Å². The van der Waals surface area contributed by atoms with E-state index in [0.29, 0.717) is 31.6 Å². The number of hydrogen-bond donors (Lipinski definition) is 3. The van der Waals surface area contributed by atoms with Crippen molar-refractivity contribution in [1.29, 1.82) is 0 Å². The standard InChI is InChI=1S/C82H160O17P2/c1-72(2)58-50-42-34-28-22-16-13-11-9-10-12-14-18-26-32-38-48-56-64-81(86)98-77(68-92-79(84)62-54-46-37-31-25-19-15-17-23-29-35-43-51-59-73(3)4)70-96-100(88,89)94-66-76(83)67-95-101(90,91)97-71-78(69-93-80(85)63-55-47-41-40-45-53-61-75(7)8)99-82(87)65-57-49-39-33-27-21-20-24-30-36-44-52-60-74(5)6/h72-78,83H,9-71H2,1-8H3,(H,88,89)(H,90,91)/t76-,77-,78-/m1/s1. The molecule has 0 fully saturated rings. The first-order chi connectivity index (χ1) is 48.6. The molecule has 19 heteroatoms. The SMILES string of the molecule is CC(C)CCCCCCCCCCCCCCCCCCCCC(=O)O[C@H](COC(=O)CCCCCCCCCCCCCCCC(C)C)COP(=O)(O)OC[C@@H](O)COP(=O)(O)OC[C@@H](COC(=O)CCCCCCCCC(C)C)OC(=O)CCCCCCCCCCCCCCC(C)C. The summed E-state index contributed by atoms with van der Waals surface area (Å²) in [5.41, 5.74) is 0. The van der Waals surface area contributed by atoms with Crippen LogP contribution in [0.4, 0.5) is 0 Å². The number of unbranched alkanes of at least 4 members (excludes halogenated alkanes) is 45. The van der Waals surface area contributed by atoms with Crippen LogP contribution >= 0.6 is 15.6 Å². The summed E-state index contributed by atoms with van der Waals surface area (Å²) in [4.78, 5) is 73.0. The summed E-state index contributed by atoms with van der Waals surface area (Å²) in [6.07, 6.45) is 58.5. The number of aliphatic hydroxyl groups is 1. The third-order valence-corrected chi connectivity index (χ3v) is 21.0. The monoisotopic (exact) mass is 1480 g/mol. The van der Waals surface area contributed by atoms with Gasteiger partial charge in [-0.05, 0) is 49.4 Å². The van der Waals surface area contributed by atoms with Gasteiger partial charge in [0, 0.05) is 25.7 Å². The molecule has 3 N–H and O–H groups in total. The topological polar surface area (TPSA) is 237 Å². The Labute approximate surface area is 619 Å². The Hall–Kier alpha value is -1.94. The van der Waals surface area contributed by atoms with E-state index in [1.54, 1.807) is 0 Å². The fraction of sp³-hybridized carbons (Fsp3) is 0.951.